The summed E-state index contributed by atoms with van der Waals surface area (Å²) in [6.07, 6.45) is 35.5. The summed E-state index contributed by atoms with van der Waals surface area (Å²) < 4.78 is 29.1. The predicted molar refractivity (Wildman–Crippen MR) is 248 cm³/mol. The van der Waals surface area contributed by atoms with Crippen LogP contribution < -0.4 is 0 Å². The molecule has 1 amide bonds. The molecule has 0 spiro atoms. The van der Waals surface area contributed by atoms with E-state index >= 15 is 0 Å². The van der Waals surface area contributed by atoms with Crippen LogP contribution in [0.4, 0.5) is 4.79 Å². The summed E-state index contributed by atoms with van der Waals surface area (Å²) in [6.45, 7) is 15.1. The van der Waals surface area contributed by atoms with Crippen LogP contribution >= 0.6 is 0 Å². The van der Waals surface area contributed by atoms with E-state index in [0.717, 1.165) is 90.3 Å². The highest BCUT2D eigenvalue weighted by Crippen LogP contribution is 2.14. The van der Waals surface area contributed by atoms with Crippen molar-refractivity contribution in [3.05, 3.63) is 24.3 Å². The van der Waals surface area contributed by atoms with Crippen molar-refractivity contribution in [2.24, 2.45) is 5.92 Å². The second-order valence-electron chi connectivity index (χ2n) is 16.5. The molecule has 10 heteroatoms. The molecule has 0 rings (SSSR count). The van der Waals surface area contributed by atoms with E-state index in [2.05, 4.69) is 63.8 Å². The molecule has 0 fully saturated rings. The molecule has 0 aromatic rings. The lowest BCUT2D eigenvalue weighted by molar-refractivity contribution is -0.161. The zero-order chi connectivity index (χ0) is 44.2. The van der Waals surface area contributed by atoms with E-state index in [1.807, 2.05) is 0 Å². The molecule has 0 N–H and O–H groups in total. The Morgan fingerprint density at radius 1 is 0.500 bits per heavy atom. The Hall–Kier alpha value is -2.43. The molecule has 0 aliphatic rings. The van der Waals surface area contributed by atoms with Gasteiger partial charge in [0.05, 0.1) is 12.3 Å². The maximum absolute atomic E-state index is 13.0. The van der Waals surface area contributed by atoms with Gasteiger partial charge in [0.25, 0.3) is 0 Å². The van der Waals surface area contributed by atoms with Crippen LogP contribution in [0.5, 0.6) is 0 Å². The first kappa shape index (κ1) is 57.6. The van der Waals surface area contributed by atoms with Crippen molar-refractivity contribution in [1.82, 2.24) is 9.80 Å². The number of hydrogen-bond acceptors (Lipinski definition) is 9. The van der Waals surface area contributed by atoms with Crippen LogP contribution in [0.3, 0.4) is 0 Å². The highest BCUT2D eigenvalue weighted by Gasteiger charge is 2.21. The maximum atomic E-state index is 13.0. The number of ether oxygens (including phenoxy) is 5. The fraction of sp³-hybridized carbons (Fsp3) is 0.860. The number of carbonyl (C=O) groups excluding carboxylic acids is 3. The van der Waals surface area contributed by atoms with Gasteiger partial charge in [-0.05, 0) is 64.5 Å². The Kier molecular flexibility index (Phi) is 42.8. The van der Waals surface area contributed by atoms with E-state index in [1.165, 1.54) is 77.0 Å². The van der Waals surface area contributed by atoms with Gasteiger partial charge in [0.15, 0.2) is 6.29 Å². The first-order chi connectivity index (χ1) is 29.3. The van der Waals surface area contributed by atoms with E-state index < -0.39 is 18.3 Å². The maximum Gasteiger partial charge on any atom is 0.409 e. The Labute approximate surface area is 369 Å². The number of unbranched alkanes of at least 4 members (excludes halogenated alkanes) is 18. The van der Waals surface area contributed by atoms with Gasteiger partial charge in [0.2, 0.25) is 0 Å². The quantitative estimate of drug-likeness (QED) is 0.0195. The van der Waals surface area contributed by atoms with Crippen molar-refractivity contribution in [3.8, 4) is 0 Å². The summed E-state index contributed by atoms with van der Waals surface area (Å²) in [5.41, 5.74) is 0. The van der Waals surface area contributed by atoms with Crippen molar-refractivity contribution in [1.29, 1.82) is 0 Å². The minimum Gasteiger partial charge on any atom is -0.465 e. The molecular formula is C50H94N2O8. The first-order valence-electron chi connectivity index (χ1n) is 24.8. The lowest BCUT2D eigenvalue weighted by atomic mass is 10.1. The number of carbonyl (C=O) groups is 3. The van der Waals surface area contributed by atoms with Crippen LogP contribution in [0.2, 0.25) is 0 Å². The molecule has 0 heterocycles. The average Bonchev–Trinajstić information content (AvgIpc) is 3.25. The molecule has 0 aromatic heterocycles. The summed E-state index contributed by atoms with van der Waals surface area (Å²) in [6, 6.07) is 0. The van der Waals surface area contributed by atoms with Crippen LogP contribution in [0.15, 0.2) is 24.3 Å². The van der Waals surface area contributed by atoms with Crippen molar-refractivity contribution in [2.75, 3.05) is 66.3 Å². The molecule has 0 saturated heterocycles. The van der Waals surface area contributed by atoms with Crippen LogP contribution in [-0.2, 0) is 33.3 Å². The number of nitrogens with zero attached hydrogens (tertiary/aromatic N) is 2. The Bertz CT molecular complexity index is 1020. The lowest BCUT2D eigenvalue weighted by Crippen LogP contribution is -2.37. The van der Waals surface area contributed by atoms with Crippen LogP contribution in [-0.4, -0.2) is 100 Å². The number of hydrogen-bond donors (Lipinski definition) is 0. The second-order valence-corrected chi connectivity index (χ2v) is 16.5. The van der Waals surface area contributed by atoms with Gasteiger partial charge in [0, 0.05) is 46.2 Å². The second kappa shape index (κ2) is 44.6. The first-order valence-corrected chi connectivity index (χ1v) is 24.8. The standard InChI is InChI=1S/C50H94N2O8/c1-7-12-15-18-21-22-23-24-25-26-27-28-29-30-33-36-47(53)58-43-46(45-60-50(55)51(6)39-40-52(10-4)11-5)44-59-48(54)37-38-49(56-41-34-31-19-16-13-8-2)57-42-35-32-20-17-14-9-3/h21-22,24-25,46,49H,7-20,23,26-45H2,1-6H3/b22-21-,25-24-. The van der Waals surface area contributed by atoms with Gasteiger partial charge in [-0.25, -0.2) is 4.79 Å². The molecule has 0 aliphatic heterocycles. The number of amides is 1. The van der Waals surface area contributed by atoms with Gasteiger partial charge >= 0.3 is 18.0 Å². The van der Waals surface area contributed by atoms with Crippen LogP contribution in [0.25, 0.3) is 0 Å². The Balaban J connectivity index is 4.92. The normalized spacial score (nSPS) is 12.3. The zero-order valence-electron chi connectivity index (χ0n) is 39.9. The molecule has 60 heavy (non-hydrogen) atoms. The van der Waals surface area contributed by atoms with E-state index in [-0.39, 0.29) is 38.2 Å². The molecule has 0 saturated carbocycles. The SMILES string of the molecule is CCCCC/C=C\C/C=C\CCCCCCCC(=O)OCC(COC(=O)CCC(OCCCCCCCC)OCCCCCCCC)COC(=O)N(C)CCN(CC)CC. The Morgan fingerprint density at radius 2 is 0.950 bits per heavy atom. The molecule has 0 bridgehead atoms. The molecule has 1 atom stereocenters. The third-order valence-corrected chi connectivity index (χ3v) is 10.9. The van der Waals surface area contributed by atoms with Gasteiger partial charge in [-0.1, -0.05) is 155 Å². The molecule has 352 valence electrons. The van der Waals surface area contributed by atoms with Crippen molar-refractivity contribution in [2.45, 2.75) is 208 Å². The molecule has 1 unspecified atom stereocenters. The molecule has 0 radical (unpaired) electrons. The Morgan fingerprint density at radius 3 is 1.50 bits per heavy atom. The van der Waals surface area contributed by atoms with Gasteiger partial charge in [-0.15, -0.1) is 0 Å². The zero-order valence-corrected chi connectivity index (χ0v) is 39.9. The van der Waals surface area contributed by atoms with Gasteiger partial charge in [-0.2, -0.15) is 0 Å². The topological polar surface area (TPSA) is 104 Å². The van der Waals surface area contributed by atoms with Gasteiger partial charge < -0.3 is 33.5 Å². The molecular weight excluding hydrogens is 757 g/mol. The molecule has 0 aromatic carbocycles. The lowest BCUT2D eigenvalue weighted by Gasteiger charge is -2.24. The van der Waals surface area contributed by atoms with E-state index in [0.29, 0.717) is 32.6 Å². The number of allylic oxidation sites excluding steroid dienone is 4. The third kappa shape index (κ3) is 38.5. The predicted octanol–water partition coefficient (Wildman–Crippen LogP) is 12.8. The summed E-state index contributed by atoms with van der Waals surface area (Å²) in [5, 5.41) is 0. The summed E-state index contributed by atoms with van der Waals surface area (Å²) in [4.78, 5) is 42.3. The minimum atomic E-state index is -0.480. The fourth-order valence-electron chi connectivity index (χ4n) is 6.66. The largest absolute Gasteiger partial charge is 0.465 e. The third-order valence-electron chi connectivity index (χ3n) is 10.9. The highest BCUT2D eigenvalue weighted by molar-refractivity contribution is 5.70. The van der Waals surface area contributed by atoms with Crippen molar-refractivity contribution >= 4 is 18.0 Å². The monoisotopic (exact) mass is 851 g/mol. The minimum absolute atomic E-state index is 0.00811. The highest BCUT2D eigenvalue weighted by atomic mass is 16.7. The summed E-state index contributed by atoms with van der Waals surface area (Å²) in [5.74, 6) is -1.14. The summed E-state index contributed by atoms with van der Waals surface area (Å²) >= 11 is 0. The summed E-state index contributed by atoms with van der Waals surface area (Å²) in [7, 11) is 1.71. The fourth-order valence-corrected chi connectivity index (χ4v) is 6.66. The number of rotatable bonds is 44. The smallest absolute Gasteiger partial charge is 0.409 e. The van der Waals surface area contributed by atoms with Crippen molar-refractivity contribution in [3.63, 3.8) is 0 Å². The van der Waals surface area contributed by atoms with Crippen LogP contribution in [0, 0.1) is 5.92 Å². The van der Waals surface area contributed by atoms with Gasteiger partial charge in [0.1, 0.15) is 19.8 Å². The van der Waals surface area contributed by atoms with Gasteiger partial charge in [-0.3, -0.25) is 9.59 Å². The van der Waals surface area contributed by atoms with E-state index in [9.17, 15) is 14.4 Å². The number of esters is 2. The van der Waals surface area contributed by atoms with E-state index in [4.69, 9.17) is 23.7 Å². The van der Waals surface area contributed by atoms with E-state index in [1.54, 1.807) is 11.9 Å². The average molecular weight is 851 g/mol. The van der Waals surface area contributed by atoms with Crippen LogP contribution in [0.1, 0.15) is 202 Å². The number of likely N-dealkylation sites (N-methyl/N-ethyl adjacent to an activating group) is 2. The van der Waals surface area contributed by atoms with Crippen molar-refractivity contribution < 1.29 is 38.1 Å². The molecule has 10 nitrogen and oxygen atoms in total. The molecule has 0 aliphatic carbocycles.